The van der Waals surface area contributed by atoms with Crippen molar-refractivity contribution in [3.05, 3.63) is 48.5 Å². The molecule has 90 valence electrons. The summed E-state index contributed by atoms with van der Waals surface area (Å²) in [5.74, 6) is 0. The maximum absolute atomic E-state index is 10.3. The van der Waals surface area contributed by atoms with E-state index in [4.69, 9.17) is 4.74 Å². The van der Waals surface area contributed by atoms with Crippen molar-refractivity contribution in [2.75, 3.05) is 13.7 Å². The first-order valence-corrected chi connectivity index (χ1v) is 5.39. The van der Waals surface area contributed by atoms with Gasteiger partial charge in [-0.2, -0.15) is 5.10 Å². The number of hydrogen-bond acceptors (Lipinski definition) is 4. The number of nitrogens with zero attached hydrogens (tertiary/aromatic N) is 3. The molecule has 0 aliphatic heterocycles. The highest BCUT2D eigenvalue weighted by Gasteiger charge is 2.23. The molecule has 0 fully saturated rings. The van der Waals surface area contributed by atoms with Gasteiger partial charge >= 0.3 is 0 Å². The fraction of sp³-hybridized carbons (Fsp3) is 0.333. The molecule has 17 heavy (non-hydrogen) atoms. The van der Waals surface area contributed by atoms with Gasteiger partial charge in [0.15, 0.2) is 0 Å². The van der Waals surface area contributed by atoms with Crippen molar-refractivity contribution < 1.29 is 9.84 Å². The van der Waals surface area contributed by atoms with Gasteiger partial charge in [0.2, 0.25) is 0 Å². The number of aliphatic hydroxyl groups is 1. The molecule has 0 saturated heterocycles. The van der Waals surface area contributed by atoms with Gasteiger partial charge in [-0.3, -0.25) is 0 Å². The van der Waals surface area contributed by atoms with Crippen LogP contribution in [0.1, 0.15) is 17.7 Å². The van der Waals surface area contributed by atoms with Gasteiger partial charge in [0.1, 0.15) is 24.8 Å². The summed E-state index contributed by atoms with van der Waals surface area (Å²) in [6.07, 6.45) is 2.36. The minimum atomic E-state index is -0.669. The van der Waals surface area contributed by atoms with Gasteiger partial charge < -0.3 is 9.84 Å². The predicted molar refractivity (Wildman–Crippen MR) is 62.3 cm³/mol. The molecule has 2 unspecified atom stereocenters. The van der Waals surface area contributed by atoms with Crippen LogP contribution >= 0.6 is 0 Å². The molecule has 1 aromatic heterocycles. The minimum absolute atomic E-state index is 0.273. The third-order valence-electron chi connectivity index (χ3n) is 2.62. The molecule has 0 saturated carbocycles. The maximum Gasteiger partial charge on any atom is 0.137 e. The Bertz CT molecular complexity index is 430. The van der Waals surface area contributed by atoms with Crippen molar-refractivity contribution in [1.82, 2.24) is 14.8 Å². The molecule has 1 aromatic carbocycles. The smallest absolute Gasteiger partial charge is 0.137 e. The van der Waals surface area contributed by atoms with E-state index in [0.717, 1.165) is 5.56 Å². The molecular weight excluding hydrogens is 218 g/mol. The fourth-order valence-corrected chi connectivity index (χ4v) is 1.74. The van der Waals surface area contributed by atoms with Gasteiger partial charge in [-0.15, -0.1) is 0 Å². The van der Waals surface area contributed by atoms with E-state index < -0.39 is 6.10 Å². The summed E-state index contributed by atoms with van der Waals surface area (Å²) in [6, 6.07) is 9.18. The zero-order valence-corrected chi connectivity index (χ0v) is 9.60. The number of rotatable bonds is 5. The van der Waals surface area contributed by atoms with Crippen LogP contribution in [-0.2, 0) is 4.74 Å². The van der Waals surface area contributed by atoms with Crippen LogP contribution < -0.4 is 0 Å². The Morgan fingerprint density at radius 2 is 2.12 bits per heavy atom. The SMILES string of the molecule is COCC(C(O)c1ccccc1)n1cncn1. The Kier molecular flexibility index (Phi) is 3.85. The van der Waals surface area contributed by atoms with E-state index in [1.807, 2.05) is 30.3 Å². The van der Waals surface area contributed by atoms with Crippen molar-refractivity contribution >= 4 is 0 Å². The zero-order chi connectivity index (χ0) is 12.1. The summed E-state index contributed by atoms with van der Waals surface area (Å²) >= 11 is 0. The van der Waals surface area contributed by atoms with E-state index in [1.165, 1.54) is 6.33 Å². The van der Waals surface area contributed by atoms with E-state index in [-0.39, 0.29) is 6.04 Å². The maximum atomic E-state index is 10.3. The highest BCUT2D eigenvalue weighted by molar-refractivity contribution is 5.18. The van der Waals surface area contributed by atoms with Gasteiger partial charge in [-0.05, 0) is 5.56 Å². The molecule has 2 rings (SSSR count). The lowest BCUT2D eigenvalue weighted by molar-refractivity contribution is 0.0473. The lowest BCUT2D eigenvalue weighted by Crippen LogP contribution is -2.22. The molecule has 0 aliphatic rings. The number of aromatic nitrogens is 3. The van der Waals surface area contributed by atoms with Crippen LogP contribution in [-0.4, -0.2) is 33.6 Å². The van der Waals surface area contributed by atoms with Crippen molar-refractivity contribution in [1.29, 1.82) is 0 Å². The number of benzene rings is 1. The van der Waals surface area contributed by atoms with E-state index in [1.54, 1.807) is 18.1 Å². The third kappa shape index (κ3) is 2.69. The van der Waals surface area contributed by atoms with Crippen LogP contribution in [0.2, 0.25) is 0 Å². The average molecular weight is 233 g/mol. The Hall–Kier alpha value is -1.72. The highest BCUT2D eigenvalue weighted by atomic mass is 16.5. The Morgan fingerprint density at radius 3 is 2.71 bits per heavy atom. The monoisotopic (exact) mass is 233 g/mol. The Labute approximate surface area is 99.7 Å². The molecule has 2 aromatic rings. The van der Waals surface area contributed by atoms with Gasteiger partial charge in [0.05, 0.1) is 6.61 Å². The number of aliphatic hydroxyl groups excluding tert-OH is 1. The summed E-state index contributed by atoms with van der Waals surface area (Å²) in [5, 5.41) is 14.4. The van der Waals surface area contributed by atoms with Gasteiger partial charge in [-0.25, -0.2) is 9.67 Å². The van der Waals surface area contributed by atoms with Crippen LogP contribution in [0.25, 0.3) is 0 Å². The van der Waals surface area contributed by atoms with E-state index in [2.05, 4.69) is 10.1 Å². The molecule has 0 aliphatic carbocycles. The lowest BCUT2D eigenvalue weighted by Gasteiger charge is -2.22. The summed E-state index contributed by atoms with van der Waals surface area (Å²) in [7, 11) is 1.60. The van der Waals surface area contributed by atoms with E-state index in [0.29, 0.717) is 6.61 Å². The summed E-state index contributed by atoms with van der Waals surface area (Å²) in [5.41, 5.74) is 0.838. The van der Waals surface area contributed by atoms with Crippen LogP contribution in [0, 0.1) is 0 Å². The van der Waals surface area contributed by atoms with Crippen LogP contribution in [0.5, 0.6) is 0 Å². The first-order chi connectivity index (χ1) is 8.33. The van der Waals surface area contributed by atoms with Gasteiger partial charge in [0, 0.05) is 7.11 Å². The van der Waals surface area contributed by atoms with Crippen LogP contribution in [0.3, 0.4) is 0 Å². The van der Waals surface area contributed by atoms with Crippen LogP contribution in [0.15, 0.2) is 43.0 Å². The summed E-state index contributed by atoms with van der Waals surface area (Å²) in [4.78, 5) is 3.89. The fourth-order valence-electron chi connectivity index (χ4n) is 1.74. The zero-order valence-electron chi connectivity index (χ0n) is 9.60. The van der Waals surface area contributed by atoms with Crippen molar-refractivity contribution in [3.63, 3.8) is 0 Å². The Morgan fingerprint density at radius 1 is 1.35 bits per heavy atom. The second kappa shape index (κ2) is 5.56. The molecule has 1 N–H and O–H groups in total. The molecule has 5 nitrogen and oxygen atoms in total. The average Bonchev–Trinajstić information content (AvgIpc) is 2.90. The molecule has 0 bridgehead atoms. The topological polar surface area (TPSA) is 60.2 Å². The molecule has 1 heterocycles. The van der Waals surface area contributed by atoms with Gasteiger partial charge in [0.25, 0.3) is 0 Å². The normalized spacial score (nSPS) is 14.5. The Balaban J connectivity index is 2.22. The number of ether oxygens (including phenoxy) is 1. The third-order valence-corrected chi connectivity index (χ3v) is 2.62. The second-order valence-corrected chi connectivity index (χ2v) is 3.75. The van der Waals surface area contributed by atoms with E-state index in [9.17, 15) is 5.11 Å². The number of methoxy groups -OCH3 is 1. The second-order valence-electron chi connectivity index (χ2n) is 3.75. The number of hydrogen-bond donors (Lipinski definition) is 1. The van der Waals surface area contributed by atoms with Crippen molar-refractivity contribution in [2.24, 2.45) is 0 Å². The summed E-state index contributed by atoms with van der Waals surface area (Å²) < 4.78 is 6.73. The first-order valence-electron chi connectivity index (χ1n) is 5.39. The van der Waals surface area contributed by atoms with Gasteiger partial charge in [-0.1, -0.05) is 30.3 Å². The first kappa shape index (κ1) is 11.8. The van der Waals surface area contributed by atoms with Crippen molar-refractivity contribution in [3.8, 4) is 0 Å². The van der Waals surface area contributed by atoms with Crippen LogP contribution in [0.4, 0.5) is 0 Å². The summed E-state index contributed by atoms with van der Waals surface area (Å²) in [6.45, 7) is 0.374. The van der Waals surface area contributed by atoms with E-state index >= 15 is 0 Å². The molecule has 0 spiro atoms. The molecular formula is C12H15N3O2. The largest absolute Gasteiger partial charge is 0.386 e. The van der Waals surface area contributed by atoms with Crippen molar-refractivity contribution in [2.45, 2.75) is 12.1 Å². The molecule has 0 amide bonds. The molecule has 5 heteroatoms. The quantitative estimate of drug-likeness (QED) is 0.843. The predicted octanol–water partition coefficient (Wildman–Crippen LogP) is 1.20. The molecule has 2 atom stereocenters. The standard InChI is InChI=1S/C12H15N3O2/c1-17-7-11(15-9-13-8-14-15)12(16)10-5-3-2-4-6-10/h2-6,8-9,11-12,16H,7H2,1H3. The minimum Gasteiger partial charge on any atom is -0.386 e. The lowest BCUT2D eigenvalue weighted by atomic mass is 10.0. The highest BCUT2D eigenvalue weighted by Crippen LogP contribution is 2.25. The molecule has 0 radical (unpaired) electrons.